The molecule has 1 aromatic rings. The van der Waals surface area contributed by atoms with Gasteiger partial charge in [0.05, 0.1) is 0 Å². The number of likely N-dealkylation sites (N-methyl/N-ethyl adjacent to an activating group) is 1. The van der Waals surface area contributed by atoms with Crippen LogP contribution in [0.15, 0.2) is 24.3 Å². The number of anilines is 1. The Labute approximate surface area is 128 Å². The minimum Gasteiger partial charge on any atom is -0.360 e. The van der Waals surface area contributed by atoms with Gasteiger partial charge in [-0.1, -0.05) is 0 Å². The molecule has 0 spiro atoms. The summed E-state index contributed by atoms with van der Waals surface area (Å²) in [6, 6.07) is 5.89. The van der Waals surface area contributed by atoms with Gasteiger partial charge in [0.25, 0.3) is 0 Å². The third-order valence-corrected chi connectivity index (χ3v) is 2.69. The molecule has 8 heteroatoms. The predicted octanol–water partition coefficient (Wildman–Crippen LogP) is 1.05. The molecule has 0 aliphatic carbocycles. The molecule has 0 atom stereocenters. The van der Waals surface area contributed by atoms with E-state index in [0.717, 1.165) is 13.1 Å². The van der Waals surface area contributed by atoms with Gasteiger partial charge in [-0.15, -0.1) is 0 Å². The van der Waals surface area contributed by atoms with Crippen LogP contribution < -0.4 is 21.5 Å². The SMILES string of the molecule is CN(C)CCNC(=S)NNC(=S)Nc1ccc(F)cc1. The lowest BCUT2D eigenvalue weighted by molar-refractivity contribution is 0.412. The molecule has 0 aliphatic rings. The molecule has 1 aromatic carbocycles. The Morgan fingerprint density at radius 2 is 1.70 bits per heavy atom. The van der Waals surface area contributed by atoms with Crippen molar-refractivity contribution in [1.82, 2.24) is 21.1 Å². The first kappa shape index (κ1) is 16.5. The molecule has 0 aromatic heterocycles. The Morgan fingerprint density at radius 3 is 2.30 bits per heavy atom. The van der Waals surface area contributed by atoms with Crippen LogP contribution in [0.3, 0.4) is 0 Å². The van der Waals surface area contributed by atoms with Crippen LogP contribution in [-0.4, -0.2) is 42.3 Å². The zero-order chi connectivity index (χ0) is 15.0. The average molecular weight is 315 g/mol. The third-order valence-electron chi connectivity index (χ3n) is 2.24. The van der Waals surface area contributed by atoms with Crippen LogP contribution in [0.2, 0.25) is 0 Å². The highest BCUT2D eigenvalue weighted by molar-refractivity contribution is 7.80. The zero-order valence-corrected chi connectivity index (χ0v) is 13.0. The maximum Gasteiger partial charge on any atom is 0.189 e. The number of halogens is 1. The van der Waals surface area contributed by atoms with Gasteiger partial charge >= 0.3 is 0 Å². The van der Waals surface area contributed by atoms with Gasteiger partial charge in [0.2, 0.25) is 0 Å². The molecule has 5 nitrogen and oxygen atoms in total. The van der Waals surface area contributed by atoms with Crippen LogP contribution in [0.25, 0.3) is 0 Å². The molecule has 0 saturated heterocycles. The lowest BCUT2D eigenvalue weighted by Crippen LogP contribution is -2.49. The predicted molar refractivity (Wildman–Crippen MR) is 88.0 cm³/mol. The van der Waals surface area contributed by atoms with Gasteiger partial charge in [-0.3, -0.25) is 10.9 Å². The van der Waals surface area contributed by atoms with Gasteiger partial charge in [0.15, 0.2) is 10.2 Å². The van der Waals surface area contributed by atoms with Gasteiger partial charge in [-0.05, 0) is 62.8 Å². The summed E-state index contributed by atoms with van der Waals surface area (Å²) in [6.45, 7) is 1.61. The summed E-state index contributed by atoms with van der Waals surface area (Å²) in [6.07, 6.45) is 0. The fraction of sp³-hybridized carbons (Fsp3) is 0.333. The van der Waals surface area contributed by atoms with E-state index in [1.165, 1.54) is 12.1 Å². The molecule has 0 amide bonds. The van der Waals surface area contributed by atoms with Crippen LogP contribution in [0.1, 0.15) is 0 Å². The van der Waals surface area contributed by atoms with Crippen LogP contribution in [-0.2, 0) is 0 Å². The quantitative estimate of drug-likeness (QED) is 0.489. The molecule has 110 valence electrons. The minimum absolute atomic E-state index is 0.293. The van der Waals surface area contributed by atoms with Crippen molar-refractivity contribution in [3.05, 3.63) is 30.1 Å². The van der Waals surface area contributed by atoms with Gasteiger partial charge in [-0.25, -0.2) is 4.39 Å². The first-order chi connectivity index (χ1) is 9.47. The van der Waals surface area contributed by atoms with Crippen molar-refractivity contribution in [1.29, 1.82) is 0 Å². The Bertz CT molecular complexity index is 450. The van der Waals surface area contributed by atoms with Gasteiger partial charge in [0, 0.05) is 18.8 Å². The second kappa shape index (κ2) is 8.62. The van der Waals surface area contributed by atoms with Crippen molar-refractivity contribution in [2.24, 2.45) is 0 Å². The molecule has 20 heavy (non-hydrogen) atoms. The van der Waals surface area contributed by atoms with Crippen molar-refractivity contribution < 1.29 is 4.39 Å². The van der Waals surface area contributed by atoms with Gasteiger partial charge in [-0.2, -0.15) is 0 Å². The molecular weight excluding hydrogens is 297 g/mol. The van der Waals surface area contributed by atoms with E-state index in [0.29, 0.717) is 15.9 Å². The van der Waals surface area contributed by atoms with E-state index in [4.69, 9.17) is 24.4 Å². The maximum absolute atomic E-state index is 12.7. The molecule has 1 rings (SSSR count). The Morgan fingerprint density at radius 1 is 1.10 bits per heavy atom. The molecule has 0 bridgehead atoms. The summed E-state index contributed by atoms with van der Waals surface area (Å²) in [5.74, 6) is -0.293. The molecular formula is C12H18FN5S2. The highest BCUT2D eigenvalue weighted by Gasteiger charge is 1.99. The molecule has 0 aliphatic heterocycles. The average Bonchev–Trinajstić information content (AvgIpc) is 2.39. The standard InChI is InChI=1S/C12H18FN5S2/c1-18(2)8-7-14-11(19)16-17-12(20)15-10-5-3-9(13)4-6-10/h3-6H,7-8H2,1-2H3,(H2,14,16,19)(H2,15,17,20). The van der Waals surface area contributed by atoms with E-state index in [1.807, 2.05) is 19.0 Å². The third kappa shape index (κ3) is 7.17. The lowest BCUT2D eigenvalue weighted by Gasteiger charge is -2.15. The molecule has 0 radical (unpaired) electrons. The maximum atomic E-state index is 12.7. The second-order valence-corrected chi connectivity index (χ2v) is 5.09. The van der Waals surface area contributed by atoms with Crippen LogP contribution >= 0.6 is 24.4 Å². The van der Waals surface area contributed by atoms with E-state index in [2.05, 4.69) is 21.5 Å². The molecule has 4 N–H and O–H groups in total. The van der Waals surface area contributed by atoms with E-state index in [9.17, 15) is 4.39 Å². The number of hydrogen-bond donors (Lipinski definition) is 4. The fourth-order valence-corrected chi connectivity index (χ4v) is 1.57. The number of rotatable bonds is 4. The smallest absolute Gasteiger partial charge is 0.189 e. The number of benzene rings is 1. The Balaban J connectivity index is 2.22. The number of nitrogens with zero attached hydrogens (tertiary/aromatic N) is 1. The fourth-order valence-electron chi connectivity index (χ4n) is 1.25. The lowest BCUT2D eigenvalue weighted by atomic mass is 10.3. The first-order valence-electron chi connectivity index (χ1n) is 5.98. The van der Waals surface area contributed by atoms with Crippen LogP contribution in [0, 0.1) is 5.82 Å². The van der Waals surface area contributed by atoms with Crippen molar-refractivity contribution >= 4 is 40.3 Å². The molecule has 0 unspecified atom stereocenters. The summed E-state index contributed by atoms with van der Waals surface area (Å²) < 4.78 is 12.7. The number of hydrogen-bond acceptors (Lipinski definition) is 3. The van der Waals surface area contributed by atoms with Gasteiger partial charge in [0.1, 0.15) is 5.82 Å². The monoisotopic (exact) mass is 315 g/mol. The summed E-state index contributed by atoms with van der Waals surface area (Å²) in [5, 5.41) is 6.71. The minimum atomic E-state index is -0.293. The molecule has 0 heterocycles. The van der Waals surface area contributed by atoms with Crippen molar-refractivity contribution in [3.63, 3.8) is 0 Å². The number of nitrogens with one attached hydrogen (secondary N) is 4. The molecule has 0 saturated carbocycles. The summed E-state index contributed by atoms with van der Waals surface area (Å²) in [5.41, 5.74) is 6.20. The van der Waals surface area contributed by atoms with E-state index < -0.39 is 0 Å². The van der Waals surface area contributed by atoms with E-state index >= 15 is 0 Å². The number of hydrazine groups is 1. The highest BCUT2D eigenvalue weighted by atomic mass is 32.1. The van der Waals surface area contributed by atoms with Gasteiger partial charge < -0.3 is 15.5 Å². The highest BCUT2D eigenvalue weighted by Crippen LogP contribution is 2.07. The van der Waals surface area contributed by atoms with E-state index in [-0.39, 0.29) is 5.82 Å². The van der Waals surface area contributed by atoms with Crippen molar-refractivity contribution in [3.8, 4) is 0 Å². The van der Waals surface area contributed by atoms with Crippen molar-refractivity contribution in [2.75, 3.05) is 32.5 Å². The van der Waals surface area contributed by atoms with Crippen LogP contribution in [0.4, 0.5) is 10.1 Å². The summed E-state index contributed by atoms with van der Waals surface area (Å²) in [4.78, 5) is 2.05. The second-order valence-electron chi connectivity index (χ2n) is 4.27. The van der Waals surface area contributed by atoms with E-state index in [1.54, 1.807) is 12.1 Å². The zero-order valence-electron chi connectivity index (χ0n) is 11.4. The summed E-state index contributed by atoms with van der Waals surface area (Å²) in [7, 11) is 3.97. The Kier molecular flexibility index (Phi) is 7.13. The number of thiocarbonyl (C=S) groups is 2. The topological polar surface area (TPSA) is 51.4 Å². The summed E-state index contributed by atoms with van der Waals surface area (Å²) >= 11 is 10.1. The normalized spacial score (nSPS) is 10.0. The largest absolute Gasteiger partial charge is 0.360 e. The Hall–Kier alpha value is -1.51. The molecule has 0 fully saturated rings. The first-order valence-corrected chi connectivity index (χ1v) is 6.80. The van der Waals surface area contributed by atoms with Crippen LogP contribution in [0.5, 0.6) is 0 Å². The van der Waals surface area contributed by atoms with Crippen molar-refractivity contribution in [2.45, 2.75) is 0 Å².